The van der Waals surface area contributed by atoms with E-state index in [-0.39, 0.29) is 29.4 Å². The van der Waals surface area contributed by atoms with Crippen molar-refractivity contribution in [2.45, 2.75) is 4.90 Å². The fourth-order valence-electron chi connectivity index (χ4n) is 2.45. The van der Waals surface area contributed by atoms with Crippen LogP contribution < -0.4 is 10.5 Å². The van der Waals surface area contributed by atoms with E-state index < -0.39 is 10.0 Å². The van der Waals surface area contributed by atoms with Gasteiger partial charge in [-0.15, -0.1) is 0 Å². The summed E-state index contributed by atoms with van der Waals surface area (Å²) in [6.07, 6.45) is 2.93. The highest BCUT2D eigenvalue weighted by molar-refractivity contribution is 7.89. The van der Waals surface area contributed by atoms with Gasteiger partial charge in [-0.25, -0.2) is 23.1 Å². The summed E-state index contributed by atoms with van der Waals surface area (Å²) in [6.45, 7) is 0.388. The number of nitrogens with one attached hydrogen (secondary N) is 1. The maximum Gasteiger partial charge on any atom is 0.246 e. The molecule has 9 heteroatoms. The van der Waals surface area contributed by atoms with Gasteiger partial charge in [-0.05, 0) is 12.1 Å². The summed E-state index contributed by atoms with van der Waals surface area (Å²) < 4.78 is 34.2. The van der Waals surface area contributed by atoms with Crippen molar-refractivity contribution in [3.8, 4) is 5.69 Å². The fourth-order valence-corrected chi connectivity index (χ4v) is 3.71. The molecular weight excluding hydrogens is 330 g/mol. The van der Waals surface area contributed by atoms with Crippen LogP contribution in [0.2, 0.25) is 0 Å². The average molecular weight is 347 g/mol. The molecule has 0 bridgehead atoms. The zero-order chi connectivity index (χ0) is 17.2. The number of fused-ring (bicyclic) bond motifs is 1. The third-order valence-corrected chi connectivity index (χ3v) is 4.98. The predicted molar refractivity (Wildman–Crippen MR) is 90.3 cm³/mol. The van der Waals surface area contributed by atoms with Crippen molar-refractivity contribution >= 4 is 27.0 Å². The third kappa shape index (κ3) is 2.84. The van der Waals surface area contributed by atoms with E-state index >= 15 is 0 Å². The first kappa shape index (κ1) is 16.4. The summed E-state index contributed by atoms with van der Waals surface area (Å²) in [5.74, 6) is 0.0623. The number of rotatable bonds is 6. The Morgan fingerprint density at radius 1 is 1.21 bits per heavy atom. The molecule has 2 heterocycles. The molecule has 0 unspecified atom stereocenters. The van der Waals surface area contributed by atoms with Crippen LogP contribution in [0.4, 0.5) is 5.82 Å². The van der Waals surface area contributed by atoms with Crippen molar-refractivity contribution < 1.29 is 13.2 Å². The second kappa shape index (κ2) is 6.56. The number of aromatic nitrogens is 3. The Kier molecular flexibility index (Phi) is 4.47. The molecule has 24 heavy (non-hydrogen) atoms. The molecule has 1 aromatic carbocycles. The number of methoxy groups -OCH3 is 1. The van der Waals surface area contributed by atoms with Gasteiger partial charge in [-0.2, -0.15) is 0 Å². The second-order valence-corrected chi connectivity index (χ2v) is 6.71. The Hall–Kier alpha value is -2.49. The van der Waals surface area contributed by atoms with E-state index in [1.807, 2.05) is 30.3 Å². The Morgan fingerprint density at radius 3 is 2.62 bits per heavy atom. The van der Waals surface area contributed by atoms with Gasteiger partial charge < -0.3 is 10.5 Å². The van der Waals surface area contributed by atoms with Gasteiger partial charge in [0.1, 0.15) is 11.3 Å². The van der Waals surface area contributed by atoms with Crippen molar-refractivity contribution in [2.24, 2.45) is 0 Å². The number of hydrogen-bond donors (Lipinski definition) is 2. The highest BCUT2D eigenvalue weighted by Crippen LogP contribution is 2.32. The van der Waals surface area contributed by atoms with Gasteiger partial charge in [-0.3, -0.25) is 4.57 Å². The van der Waals surface area contributed by atoms with E-state index in [4.69, 9.17) is 10.5 Å². The molecule has 3 rings (SSSR count). The lowest BCUT2D eigenvalue weighted by molar-refractivity contribution is 0.204. The highest BCUT2D eigenvalue weighted by atomic mass is 32.2. The molecule has 3 N–H and O–H groups in total. The molecule has 3 aromatic rings. The number of benzene rings is 1. The first-order valence-electron chi connectivity index (χ1n) is 7.21. The number of nitrogens with zero attached hydrogens (tertiary/aromatic N) is 3. The molecule has 0 fully saturated rings. The Labute approximate surface area is 139 Å². The lowest BCUT2D eigenvalue weighted by Crippen LogP contribution is -2.27. The van der Waals surface area contributed by atoms with Gasteiger partial charge in [0, 0.05) is 31.7 Å². The van der Waals surface area contributed by atoms with Crippen molar-refractivity contribution in [1.82, 2.24) is 19.3 Å². The Balaban J connectivity index is 2.22. The van der Waals surface area contributed by atoms with E-state index in [2.05, 4.69) is 14.7 Å². The van der Waals surface area contributed by atoms with Gasteiger partial charge in [-0.1, -0.05) is 18.2 Å². The van der Waals surface area contributed by atoms with E-state index in [1.165, 1.54) is 19.5 Å². The van der Waals surface area contributed by atoms with Crippen LogP contribution in [-0.4, -0.2) is 43.2 Å². The summed E-state index contributed by atoms with van der Waals surface area (Å²) in [7, 11) is -2.36. The van der Waals surface area contributed by atoms with Crippen molar-refractivity contribution in [3.63, 3.8) is 0 Å². The van der Waals surface area contributed by atoms with Crippen LogP contribution >= 0.6 is 0 Å². The van der Waals surface area contributed by atoms with Gasteiger partial charge in [0.05, 0.1) is 6.61 Å². The number of ether oxygens (including phenoxy) is 1. The number of sulfonamides is 1. The van der Waals surface area contributed by atoms with E-state index in [0.29, 0.717) is 11.3 Å². The molecule has 0 radical (unpaired) electrons. The SMILES string of the molecule is COCCNS(=O)(=O)c1c(N)n(-c2ccccc2)c2nccnc12. The molecule has 0 aliphatic carbocycles. The van der Waals surface area contributed by atoms with Crippen LogP contribution in [-0.2, 0) is 14.8 Å². The first-order valence-corrected chi connectivity index (χ1v) is 8.69. The quantitative estimate of drug-likeness (QED) is 0.642. The van der Waals surface area contributed by atoms with Crippen LogP contribution in [0.5, 0.6) is 0 Å². The summed E-state index contributed by atoms with van der Waals surface area (Å²) in [6, 6.07) is 9.17. The topological polar surface area (TPSA) is 112 Å². The maximum atomic E-state index is 12.7. The summed E-state index contributed by atoms with van der Waals surface area (Å²) >= 11 is 0. The molecule has 0 saturated carbocycles. The second-order valence-electron chi connectivity index (χ2n) is 5.00. The average Bonchev–Trinajstić information content (AvgIpc) is 2.88. The van der Waals surface area contributed by atoms with Gasteiger partial charge in [0.15, 0.2) is 10.5 Å². The lowest BCUT2D eigenvalue weighted by Gasteiger charge is -2.08. The van der Waals surface area contributed by atoms with Crippen LogP contribution in [0.3, 0.4) is 0 Å². The normalized spacial score (nSPS) is 11.9. The van der Waals surface area contributed by atoms with Crippen LogP contribution in [0.25, 0.3) is 16.9 Å². The summed E-state index contributed by atoms with van der Waals surface area (Å²) in [5.41, 5.74) is 7.49. The van der Waals surface area contributed by atoms with E-state index in [1.54, 1.807) is 4.57 Å². The molecule has 2 aromatic heterocycles. The zero-order valence-electron chi connectivity index (χ0n) is 13.0. The molecule has 0 aliphatic rings. The minimum atomic E-state index is -3.86. The number of hydrogen-bond acceptors (Lipinski definition) is 6. The number of nitrogen functional groups attached to an aromatic ring is 1. The number of para-hydroxylation sites is 1. The van der Waals surface area contributed by atoms with E-state index in [9.17, 15) is 8.42 Å². The summed E-state index contributed by atoms with van der Waals surface area (Å²) in [4.78, 5) is 8.34. The van der Waals surface area contributed by atoms with Crippen LogP contribution in [0, 0.1) is 0 Å². The largest absolute Gasteiger partial charge is 0.384 e. The van der Waals surface area contributed by atoms with Gasteiger partial charge in [0.2, 0.25) is 10.0 Å². The predicted octanol–water partition coefficient (Wildman–Crippen LogP) is 0.927. The standard InChI is InChI=1S/C15H17N5O3S/c1-23-10-9-19-24(21,22)13-12-15(18-8-7-17-12)20(14(13)16)11-5-3-2-4-6-11/h2-8,19H,9-10,16H2,1H3. The smallest absolute Gasteiger partial charge is 0.246 e. The fraction of sp³-hybridized carbons (Fsp3) is 0.200. The van der Waals surface area contributed by atoms with Crippen molar-refractivity contribution in [2.75, 3.05) is 26.0 Å². The Bertz CT molecular complexity index is 954. The summed E-state index contributed by atoms with van der Waals surface area (Å²) in [5, 5.41) is 0. The minimum Gasteiger partial charge on any atom is -0.384 e. The van der Waals surface area contributed by atoms with Crippen LogP contribution in [0.1, 0.15) is 0 Å². The molecule has 126 valence electrons. The lowest BCUT2D eigenvalue weighted by atomic mass is 10.3. The Morgan fingerprint density at radius 2 is 1.92 bits per heavy atom. The van der Waals surface area contributed by atoms with Gasteiger partial charge >= 0.3 is 0 Å². The molecule has 0 aliphatic heterocycles. The van der Waals surface area contributed by atoms with E-state index in [0.717, 1.165) is 0 Å². The molecule has 8 nitrogen and oxygen atoms in total. The van der Waals surface area contributed by atoms with Crippen molar-refractivity contribution in [3.05, 3.63) is 42.7 Å². The zero-order valence-corrected chi connectivity index (χ0v) is 13.8. The highest BCUT2D eigenvalue weighted by Gasteiger charge is 2.28. The maximum absolute atomic E-state index is 12.7. The number of anilines is 1. The van der Waals surface area contributed by atoms with Crippen molar-refractivity contribution in [1.29, 1.82) is 0 Å². The minimum absolute atomic E-state index is 0.0623. The molecule has 0 atom stereocenters. The van der Waals surface area contributed by atoms with Crippen LogP contribution in [0.15, 0.2) is 47.6 Å². The molecular formula is C15H17N5O3S. The molecule has 0 amide bonds. The number of nitrogens with two attached hydrogens (primary N) is 1. The van der Waals surface area contributed by atoms with Gasteiger partial charge in [0.25, 0.3) is 0 Å². The third-order valence-electron chi connectivity index (χ3n) is 3.46. The molecule has 0 saturated heterocycles. The monoisotopic (exact) mass is 347 g/mol. The first-order chi connectivity index (χ1) is 11.6. The molecule has 0 spiro atoms.